The third-order valence-corrected chi connectivity index (χ3v) is 5.39. The highest BCUT2D eigenvalue weighted by Crippen LogP contribution is 2.29. The lowest BCUT2D eigenvalue weighted by Gasteiger charge is -2.15. The Morgan fingerprint density at radius 1 is 1.00 bits per heavy atom. The lowest BCUT2D eigenvalue weighted by molar-refractivity contribution is 0.0932. The molecule has 0 saturated heterocycles. The second-order valence-corrected chi connectivity index (χ2v) is 7.52. The van der Waals surface area contributed by atoms with Gasteiger partial charge in [0, 0.05) is 5.56 Å². The molecular formula is C25H22ClN3O2. The van der Waals surface area contributed by atoms with E-state index >= 15 is 0 Å². The predicted molar refractivity (Wildman–Crippen MR) is 123 cm³/mol. The van der Waals surface area contributed by atoms with Crippen molar-refractivity contribution < 1.29 is 9.53 Å². The van der Waals surface area contributed by atoms with Crippen molar-refractivity contribution in [2.75, 3.05) is 7.11 Å². The first-order valence-electron chi connectivity index (χ1n) is 9.92. The van der Waals surface area contributed by atoms with Crippen LogP contribution in [0, 0.1) is 0 Å². The van der Waals surface area contributed by atoms with Gasteiger partial charge in [-0.1, -0.05) is 60.1 Å². The molecular weight excluding hydrogens is 410 g/mol. The van der Waals surface area contributed by atoms with E-state index in [1.165, 1.54) is 0 Å². The van der Waals surface area contributed by atoms with Crippen LogP contribution in [0.4, 0.5) is 0 Å². The van der Waals surface area contributed by atoms with Crippen molar-refractivity contribution in [2.45, 2.75) is 13.0 Å². The molecule has 1 N–H and O–H groups in total. The second-order valence-electron chi connectivity index (χ2n) is 7.11. The maximum atomic E-state index is 13.2. The van der Waals surface area contributed by atoms with Crippen LogP contribution in [0.15, 0.2) is 84.9 Å². The highest BCUT2D eigenvalue weighted by molar-refractivity contribution is 6.33. The Hall–Kier alpha value is -3.57. The summed E-state index contributed by atoms with van der Waals surface area (Å²) in [6, 6.07) is 26.3. The number of rotatable bonds is 6. The molecule has 6 heteroatoms. The molecule has 1 atom stereocenters. The van der Waals surface area contributed by atoms with Crippen LogP contribution in [0.1, 0.15) is 29.0 Å². The van der Waals surface area contributed by atoms with Gasteiger partial charge in [-0.3, -0.25) is 4.79 Å². The number of nitrogens with zero attached hydrogens (tertiary/aromatic N) is 2. The van der Waals surface area contributed by atoms with Crippen molar-refractivity contribution in [3.05, 3.63) is 101 Å². The molecule has 0 radical (unpaired) electrons. The van der Waals surface area contributed by atoms with Crippen LogP contribution >= 0.6 is 11.6 Å². The summed E-state index contributed by atoms with van der Waals surface area (Å²) >= 11 is 6.38. The number of amides is 1. The number of benzene rings is 3. The SMILES string of the molecule is COc1ccc(-n2nc(-c3ccccc3Cl)cc2C(=O)NC(C)c2ccccc2)cc1. The molecule has 0 fully saturated rings. The number of methoxy groups -OCH3 is 1. The number of aromatic nitrogens is 2. The zero-order chi connectivity index (χ0) is 21.8. The van der Waals surface area contributed by atoms with Crippen LogP contribution in [0.2, 0.25) is 5.02 Å². The first-order chi connectivity index (χ1) is 15.1. The van der Waals surface area contributed by atoms with Gasteiger partial charge in [0.25, 0.3) is 5.91 Å². The molecule has 0 aliphatic rings. The van der Waals surface area contributed by atoms with Gasteiger partial charge in [0.2, 0.25) is 0 Å². The summed E-state index contributed by atoms with van der Waals surface area (Å²) in [7, 11) is 1.61. The Labute approximate surface area is 186 Å². The normalized spacial score (nSPS) is 11.7. The van der Waals surface area contributed by atoms with E-state index in [-0.39, 0.29) is 11.9 Å². The highest BCUT2D eigenvalue weighted by Gasteiger charge is 2.20. The standard InChI is InChI=1S/C25H22ClN3O2/c1-17(18-8-4-3-5-9-18)27-25(30)24-16-23(21-10-6-7-11-22(21)26)28-29(24)19-12-14-20(31-2)15-13-19/h3-17H,1-2H3,(H,27,30). The number of hydrogen-bond donors (Lipinski definition) is 1. The van der Waals surface area contributed by atoms with Crippen molar-refractivity contribution in [1.29, 1.82) is 0 Å². The topological polar surface area (TPSA) is 56.2 Å². The van der Waals surface area contributed by atoms with E-state index in [4.69, 9.17) is 21.4 Å². The molecule has 1 aromatic heterocycles. The largest absolute Gasteiger partial charge is 0.497 e. The maximum absolute atomic E-state index is 13.2. The van der Waals surface area contributed by atoms with Crippen molar-refractivity contribution in [3.8, 4) is 22.7 Å². The molecule has 31 heavy (non-hydrogen) atoms. The second kappa shape index (κ2) is 9.06. The predicted octanol–water partition coefficient (Wildman–Crippen LogP) is 5.69. The molecule has 156 valence electrons. The smallest absolute Gasteiger partial charge is 0.270 e. The van der Waals surface area contributed by atoms with E-state index in [9.17, 15) is 4.79 Å². The minimum Gasteiger partial charge on any atom is -0.497 e. The summed E-state index contributed by atoms with van der Waals surface area (Å²) in [5.41, 5.74) is 3.58. The van der Waals surface area contributed by atoms with E-state index in [0.717, 1.165) is 22.6 Å². The summed E-state index contributed by atoms with van der Waals surface area (Å²) in [4.78, 5) is 13.2. The summed E-state index contributed by atoms with van der Waals surface area (Å²) in [6.45, 7) is 1.95. The van der Waals surface area contributed by atoms with Crippen LogP contribution in [0.5, 0.6) is 5.75 Å². The molecule has 5 nitrogen and oxygen atoms in total. The van der Waals surface area contributed by atoms with Crippen molar-refractivity contribution >= 4 is 17.5 Å². The van der Waals surface area contributed by atoms with Crippen molar-refractivity contribution in [1.82, 2.24) is 15.1 Å². The van der Waals surface area contributed by atoms with Crippen LogP contribution in [0.25, 0.3) is 16.9 Å². The number of carbonyl (C=O) groups excluding carboxylic acids is 1. The molecule has 0 spiro atoms. The molecule has 4 rings (SSSR count). The van der Waals surface area contributed by atoms with Crippen LogP contribution in [0.3, 0.4) is 0 Å². The van der Waals surface area contributed by atoms with E-state index in [1.54, 1.807) is 23.9 Å². The molecule has 0 aliphatic carbocycles. The minimum atomic E-state index is -0.224. The Morgan fingerprint density at radius 3 is 2.35 bits per heavy atom. The first-order valence-corrected chi connectivity index (χ1v) is 10.3. The molecule has 3 aromatic carbocycles. The summed E-state index contributed by atoms with van der Waals surface area (Å²) < 4.78 is 6.88. The van der Waals surface area contributed by atoms with E-state index in [1.807, 2.05) is 79.7 Å². The number of hydrogen-bond acceptors (Lipinski definition) is 3. The van der Waals surface area contributed by atoms with Gasteiger partial charge in [0.15, 0.2) is 0 Å². The summed E-state index contributed by atoms with van der Waals surface area (Å²) in [6.07, 6.45) is 0. The zero-order valence-corrected chi connectivity index (χ0v) is 18.0. The van der Waals surface area contributed by atoms with Crippen LogP contribution < -0.4 is 10.1 Å². The van der Waals surface area contributed by atoms with Gasteiger partial charge >= 0.3 is 0 Å². The van der Waals surface area contributed by atoms with Gasteiger partial charge < -0.3 is 10.1 Å². The molecule has 1 unspecified atom stereocenters. The monoisotopic (exact) mass is 431 g/mol. The summed E-state index contributed by atoms with van der Waals surface area (Å²) in [5.74, 6) is 0.504. The fourth-order valence-corrected chi connectivity index (χ4v) is 3.59. The first kappa shape index (κ1) is 20.7. The highest BCUT2D eigenvalue weighted by atomic mass is 35.5. The van der Waals surface area contributed by atoms with E-state index < -0.39 is 0 Å². The fraction of sp³-hybridized carbons (Fsp3) is 0.120. The van der Waals surface area contributed by atoms with Gasteiger partial charge in [-0.15, -0.1) is 0 Å². The third-order valence-electron chi connectivity index (χ3n) is 5.06. The van der Waals surface area contributed by atoms with Crippen molar-refractivity contribution in [2.24, 2.45) is 0 Å². The van der Waals surface area contributed by atoms with Crippen LogP contribution in [-0.2, 0) is 0 Å². The Kier molecular flexibility index (Phi) is 6.05. The fourth-order valence-electron chi connectivity index (χ4n) is 3.36. The molecule has 0 saturated carbocycles. The third kappa shape index (κ3) is 4.47. The lowest BCUT2D eigenvalue weighted by atomic mass is 10.1. The molecule has 0 aliphatic heterocycles. The van der Waals surface area contributed by atoms with E-state index in [0.29, 0.717) is 16.4 Å². The Morgan fingerprint density at radius 2 is 1.68 bits per heavy atom. The van der Waals surface area contributed by atoms with E-state index in [2.05, 4.69) is 5.32 Å². The number of halogens is 1. The molecule has 4 aromatic rings. The average molecular weight is 432 g/mol. The number of nitrogens with one attached hydrogen (secondary N) is 1. The molecule has 1 heterocycles. The minimum absolute atomic E-state index is 0.156. The maximum Gasteiger partial charge on any atom is 0.270 e. The quantitative estimate of drug-likeness (QED) is 0.426. The van der Waals surface area contributed by atoms with Crippen molar-refractivity contribution in [3.63, 3.8) is 0 Å². The average Bonchev–Trinajstić information content (AvgIpc) is 3.25. The Bertz CT molecular complexity index is 1190. The van der Waals surface area contributed by atoms with Gasteiger partial charge in [-0.25, -0.2) is 4.68 Å². The molecule has 1 amide bonds. The van der Waals surface area contributed by atoms with Gasteiger partial charge in [-0.05, 0) is 48.9 Å². The number of carbonyl (C=O) groups is 1. The number of ether oxygens (including phenoxy) is 1. The summed E-state index contributed by atoms with van der Waals surface area (Å²) in [5, 5.41) is 8.34. The Balaban J connectivity index is 1.73. The lowest BCUT2D eigenvalue weighted by Crippen LogP contribution is -2.28. The zero-order valence-electron chi connectivity index (χ0n) is 17.2. The van der Waals surface area contributed by atoms with Gasteiger partial charge in [0.05, 0.1) is 29.6 Å². The van der Waals surface area contributed by atoms with Gasteiger partial charge in [-0.2, -0.15) is 5.10 Å². The van der Waals surface area contributed by atoms with Gasteiger partial charge in [0.1, 0.15) is 11.4 Å². The van der Waals surface area contributed by atoms with Crippen LogP contribution in [-0.4, -0.2) is 22.8 Å². The molecule has 0 bridgehead atoms.